The van der Waals surface area contributed by atoms with Gasteiger partial charge in [0.2, 0.25) is 0 Å². The van der Waals surface area contributed by atoms with E-state index in [4.69, 9.17) is 0 Å². The van der Waals surface area contributed by atoms with Crippen molar-refractivity contribution >= 4 is 5.97 Å². The Morgan fingerprint density at radius 3 is 2.55 bits per heavy atom. The Morgan fingerprint density at radius 1 is 1.55 bits per heavy atom. The molecule has 1 unspecified atom stereocenters. The predicted octanol–water partition coefficient (Wildman–Crippen LogP) is 2.21. The second-order valence-electron chi connectivity index (χ2n) is 2.64. The third-order valence-corrected chi connectivity index (χ3v) is 2.05. The molecule has 0 N–H and O–H groups in total. The van der Waals surface area contributed by atoms with Crippen LogP contribution in [0.4, 0.5) is 0 Å². The molecule has 66 valence electrons. The Balaban J connectivity index is 3.65. The summed E-state index contributed by atoms with van der Waals surface area (Å²) in [6.07, 6.45) is 4.04. The van der Waals surface area contributed by atoms with Crippen LogP contribution in [-0.2, 0) is 25.0 Å². The Bertz CT molecular complexity index is 115. The van der Waals surface area contributed by atoms with Gasteiger partial charge in [-0.25, -0.2) is 0 Å². The zero-order chi connectivity index (χ0) is 8.69. The molecular weight excluding hydrogens is 183 g/mol. The van der Waals surface area contributed by atoms with Crippen LogP contribution >= 0.6 is 0 Å². The fraction of sp³-hybridized carbons (Fsp3) is 0.875. The second-order valence-corrected chi connectivity index (χ2v) is 2.88. The van der Waals surface area contributed by atoms with Crippen LogP contribution in [0.5, 0.6) is 0 Å². The first-order valence-corrected chi connectivity index (χ1v) is 4.56. The standard InChI is InChI=1S/C8H16O2.Mn/c1-3-5-6-7(4-2)8(9)10;/h7H,3-6H2,1-2H3,(H,9,10);/q;+1/p-1. The van der Waals surface area contributed by atoms with Crippen molar-refractivity contribution in [3.05, 3.63) is 0 Å². The molecule has 0 rings (SSSR count). The summed E-state index contributed by atoms with van der Waals surface area (Å²) < 4.78 is 4.47. The van der Waals surface area contributed by atoms with Crippen molar-refractivity contribution in [3.8, 4) is 0 Å². The second kappa shape index (κ2) is 6.68. The molecule has 0 radical (unpaired) electrons. The molecule has 2 nitrogen and oxygen atoms in total. The molecule has 0 spiro atoms. The molecule has 0 aliphatic carbocycles. The number of rotatable bonds is 5. The van der Waals surface area contributed by atoms with Crippen LogP contribution in [0.2, 0.25) is 0 Å². The van der Waals surface area contributed by atoms with E-state index in [1.807, 2.05) is 6.92 Å². The monoisotopic (exact) mass is 198 g/mol. The van der Waals surface area contributed by atoms with E-state index in [2.05, 4.69) is 27.1 Å². The first-order valence-electron chi connectivity index (χ1n) is 4.08. The van der Waals surface area contributed by atoms with Crippen molar-refractivity contribution in [2.24, 2.45) is 5.92 Å². The van der Waals surface area contributed by atoms with Crippen LogP contribution in [0.25, 0.3) is 0 Å². The van der Waals surface area contributed by atoms with E-state index in [1.54, 1.807) is 0 Å². The van der Waals surface area contributed by atoms with Crippen LogP contribution in [0.3, 0.4) is 0 Å². The van der Waals surface area contributed by atoms with E-state index in [0.29, 0.717) is 0 Å². The molecule has 0 aromatic heterocycles. The molecule has 0 aliphatic heterocycles. The number of hydrogen-bond donors (Lipinski definition) is 0. The molecule has 0 aliphatic rings. The summed E-state index contributed by atoms with van der Waals surface area (Å²) in [5, 5.41) is 0. The predicted molar refractivity (Wildman–Crippen MR) is 39.4 cm³/mol. The van der Waals surface area contributed by atoms with Gasteiger partial charge in [-0.05, 0) is 0 Å². The number of hydrogen-bond acceptors (Lipinski definition) is 2. The molecule has 0 saturated carbocycles. The summed E-state index contributed by atoms with van der Waals surface area (Å²) in [7, 11) is 0. The summed E-state index contributed by atoms with van der Waals surface area (Å²) in [5.74, 6) is -0.0599. The van der Waals surface area contributed by atoms with Gasteiger partial charge in [0, 0.05) is 0 Å². The van der Waals surface area contributed by atoms with Gasteiger partial charge in [0.05, 0.1) is 0 Å². The van der Waals surface area contributed by atoms with E-state index in [9.17, 15) is 4.79 Å². The van der Waals surface area contributed by atoms with E-state index < -0.39 is 0 Å². The molecule has 1 atom stereocenters. The molecule has 0 fully saturated rings. The minimum atomic E-state index is -0.138. The zero-order valence-corrected chi connectivity index (χ0v) is 8.28. The van der Waals surface area contributed by atoms with Crippen molar-refractivity contribution < 1.29 is 25.0 Å². The van der Waals surface area contributed by atoms with Crippen molar-refractivity contribution in [1.82, 2.24) is 0 Å². The van der Waals surface area contributed by atoms with Gasteiger partial charge in [0.25, 0.3) is 0 Å². The first kappa shape index (κ1) is 11.0. The Hall–Kier alpha value is -0.0105. The summed E-state index contributed by atoms with van der Waals surface area (Å²) in [4.78, 5) is 11.0. The maximum atomic E-state index is 11.0. The topological polar surface area (TPSA) is 26.3 Å². The first-order chi connectivity index (χ1) is 5.26. The normalized spacial score (nSPS) is 12.6. The molecule has 11 heavy (non-hydrogen) atoms. The quantitative estimate of drug-likeness (QED) is 0.633. The zero-order valence-electron chi connectivity index (χ0n) is 7.10. The van der Waals surface area contributed by atoms with E-state index in [0.717, 1.165) is 25.7 Å². The number of unbranched alkanes of at least 4 members (excludes halogenated alkanes) is 1. The Labute approximate surface area is 76.8 Å². The molecular formula is C8H15MnO2. The van der Waals surface area contributed by atoms with Crippen molar-refractivity contribution in [2.45, 2.75) is 39.5 Å². The molecule has 0 aromatic rings. The molecule has 3 heteroatoms. The van der Waals surface area contributed by atoms with Crippen molar-refractivity contribution in [3.63, 3.8) is 0 Å². The molecule has 0 bridgehead atoms. The van der Waals surface area contributed by atoms with Crippen LogP contribution in [0.15, 0.2) is 0 Å². The van der Waals surface area contributed by atoms with Gasteiger partial charge in [0.15, 0.2) is 0 Å². The molecule has 0 aromatic carbocycles. The summed E-state index contributed by atoms with van der Waals surface area (Å²) >= 11 is 2.70. The van der Waals surface area contributed by atoms with Gasteiger partial charge in [-0.2, -0.15) is 0 Å². The SMILES string of the molecule is CCCCC(CC)C(=O)[O][Mn]. The Kier molecular flexibility index (Phi) is 6.68. The summed E-state index contributed by atoms with van der Waals surface area (Å²) in [6.45, 7) is 4.12. The van der Waals surface area contributed by atoms with Gasteiger partial charge in [-0.3, -0.25) is 0 Å². The van der Waals surface area contributed by atoms with Crippen molar-refractivity contribution in [1.29, 1.82) is 0 Å². The number of carbonyl (C=O) groups excluding carboxylic acids is 1. The number of carbonyl (C=O) groups is 1. The van der Waals surface area contributed by atoms with E-state index >= 15 is 0 Å². The summed E-state index contributed by atoms with van der Waals surface area (Å²) in [5.41, 5.74) is 0. The average Bonchev–Trinajstić information content (AvgIpc) is 2.05. The van der Waals surface area contributed by atoms with Gasteiger partial charge in [0.1, 0.15) is 0 Å². The fourth-order valence-corrected chi connectivity index (χ4v) is 1.20. The summed E-state index contributed by atoms with van der Waals surface area (Å²) in [6, 6.07) is 0. The van der Waals surface area contributed by atoms with Crippen LogP contribution in [0, 0.1) is 5.92 Å². The fourth-order valence-electron chi connectivity index (χ4n) is 1.00. The average molecular weight is 198 g/mol. The van der Waals surface area contributed by atoms with Gasteiger partial charge in [-0.1, -0.05) is 0 Å². The van der Waals surface area contributed by atoms with Crippen LogP contribution in [-0.4, -0.2) is 5.97 Å². The van der Waals surface area contributed by atoms with Gasteiger partial charge < -0.3 is 0 Å². The van der Waals surface area contributed by atoms with E-state index in [-0.39, 0.29) is 11.9 Å². The third-order valence-electron chi connectivity index (χ3n) is 1.81. The molecule has 0 heterocycles. The van der Waals surface area contributed by atoms with E-state index in [1.165, 1.54) is 0 Å². The van der Waals surface area contributed by atoms with Crippen molar-refractivity contribution in [2.75, 3.05) is 0 Å². The van der Waals surface area contributed by atoms with Gasteiger partial charge >= 0.3 is 76.4 Å². The molecule has 0 amide bonds. The minimum absolute atomic E-state index is 0.0781. The third kappa shape index (κ3) is 4.44. The molecule has 0 saturated heterocycles. The van der Waals surface area contributed by atoms with Crippen LogP contribution in [0.1, 0.15) is 39.5 Å². The van der Waals surface area contributed by atoms with Crippen LogP contribution < -0.4 is 0 Å². The van der Waals surface area contributed by atoms with Gasteiger partial charge in [-0.15, -0.1) is 0 Å². The Morgan fingerprint density at radius 2 is 2.18 bits per heavy atom. The maximum absolute atomic E-state index is 11.0.